The lowest BCUT2D eigenvalue weighted by Crippen LogP contribution is -2.43. The molecule has 0 bridgehead atoms. The number of unbranched alkanes of at least 4 members (excludes halogenated alkanes) is 12. The van der Waals surface area contributed by atoms with E-state index in [4.69, 9.17) is 5.73 Å². The van der Waals surface area contributed by atoms with Gasteiger partial charge < -0.3 is 10.6 Å². The molecule has 0 rings (SSSR count). The summed E-state index contributed by atoms with van der Waals surface area (Å²) in [6.45, 7) is 4.53. The molecule has 23 heavy (non-hydrogen) atoms. The van der Waals surface area contributed by atoms with E-state index in [1.807, 2.05) is 0 Å². The highest BCUT2D eigenvalue weighted by atomic mass is 15.1. The highest BCUT2D eigenvalue weighted by molar-refractivity contribution is 4.77. The van der Waals surface area contributed by atoms with Crippen molar-refractivity contribution in [3.63, 3.8) is 0 Å². The number of nitrogens with two attached hydrogens (primary N) is 1. The predicted octanol–water partition coefficient (Wildman–Crippen LogP) is 6.14. The molecule has 140 valence electrons. The van der Waals surface area contributed by atoms with Crippen molar-refractivity contribution >= 4 is 0 Å². The van der Waals surface area contributed by atoms with Crippen LogP contribution in [0.4, 0.5) is 0 Å². The molecule has 0 radical (unpaired) electrons. The molecule has 0 saturated carbocycles. The first kappa shape index (κ1) is 22.9. The quantitative estimate of drug-likeness (QED) is 0.325. The van der Waals surface area contributed by atoms with Crippen LogP contribution in [0.25, 0.3) is 0 Å². The molecule has 0 spiro atoms. The summed E-state index contributed by atoms with van der Waals surface area (Å²) in [7, 11) is 4.30. The van der Waals surface area contributed by atoms with Crippen molar-refractivity contribution in [2.75, 3.05) is 14.1 Å². The van der Waals surface area contributed by atoms with E-state index in [2.05, 4.69) is 32.8 Å². The van der Waals surface area contributed by atoms with Crippen LogP contribution in [0.15, 0.2) is 0 Å². The Bertz CT molecular complexity index is 228. The Kier molecular flexibility index (Phi) is 16.7. The van der Waals surface area contributed by atoms with Crippen molar-refractivity contribution < 1.29 is 0 Å². The van der Waals surface area contributed by atoms with Gasteiger partial charge in [-0.3, -0.25) is 0 Å². The number of nitrogens with zero attached hydrogens (tertiary/aromatic N) is 1. The Balaban J connectivity index is 3.27. The van der Waals surface area contributed by atoms with E-state index in [-0.39, 0.29) is 0 Å². The van der Waals surface area contributed by atoms with Crippen LogP contribution >= 0.6 is 0 Å². The van der Waals surface area contributed by atoms with Crippen LogP contribution in [0.1, 0.15) is 110 Å². The zero-order valence-electron chi connectivity index (χ0n) is 16.8. The first-order chi connectivity index (χ1) is 11.1. The maximum Gasteiger partial charge on any atom is 0.0238 e. The molecule has 0 aliphatic heterocycles. The summed E-state index contributed by atoms with van der Waals surface area (Å²) in [5.74, 6) is 0. The van der Waals surface area contributed by atoms with E-state index in [9.17, 15) is 0 Å². The molecule has 0 unspecified atom stereocenters. The van der Waals surface area contributed by atoms with Gasteiger partial charge in [-0.1, -0.05) is 97.3 Å². The van der Waals surface area contributed by atoms with Gasteiger partial charge in [-0.05, 0) is 26.9 Å². The molecular formula is C21H46N2. The van der Waals surface area contributed by atoms with Crippen LogP contribution in [-0.2, 0) is 0 Å². The highest BCUT2D eigenvalue weighted by Gasteiger charge is 2.17. The fourth-order valence-corrected chi connectivity index (χ4v) is 3.64. The Hall–Kier alpha value is -0.0800. The fraction of sp³-hybridized carbons (Fsp3) is 1.00. The molecule has 0 saturated heterocycles. The van der Waals surface area contributed by atoms with Crippen LogP contribution in [0.5, 0.6) is 0 Å². The minimum atomic E-state index is 0.350. The second kappa shape index (κ2) is 16.8. The summed E-state index contributed by atoms with van der Waals surface area (Å²) >= 11 is 0. The van der Waals surface area contributed by atoms with E-state index < -0.39 is 0 Å². The standard InChI is InChI=1S/C21H46N2/c1-5-7-8-9-10-11-12-13-14-15-16-17-18-19-20(22)21(6-2)23(3)4/h20-21H,5-19,22H2,1-4H3/t20-,21+/m1/s1. The van der Waals surface area contributed by atoms with Crippen LogP contribution in [0.2, 0.25) is 0 Å². The van der Waals surface area contributed by atoms with Gasteiger partial charge in [0.25, 0.3) is 0 Å². The summed E-state index contributed by atoms with van der Waals surface area (Å²) in [5, 5.41) is 0. The van der Waals surface area contributed by atoms with Crippen molar-refractivity contribution in [1.29, 1.82) is 0 Å². The van der Waals surface area contributed by atoms with Gasteiger partial charge in [0.05, 0.1) is 0 Å². The van der Waals surface area contributed by atoms with E-state index in [1.54, 1.807) is 0 Å². The van der Waals surface area contributed by atoms with Crippen LogP contribution in [-0.4, -0.2) is 31.1 Å². The zero-order chi connectivity index (χ0) is 17.3. The molecule has 2 nitrogen and oxygen atoms in total. The second-order valence-corrected chi connectivity index (χ2v) is 7.63. The van der Waals surface area contributed by atoms with Gasteiger partial charge >= 0.3 is 0 Å². The van der Waals surface area contributed by atoms with E-state index >= 15 is 0 Å². The van der Waals surface area contributed by atoms with Crippen molar-refractivity contribution in [3.8, 4) is 0 Å². The van der Waals surface area contributed by atoms with Crippen molar-refractivity contribution in [2.45, 2.75) is 122 Å². The van der Waals surface area contributed by atoms with Crippen molar-refractivity contribution in [1.82, 2.24) is 4.90 Å². The first-order valence-electron chi connectivity index (χ1n) is 10.6. The van der Waals surface area contributed by atoms with E-state index in [0.717, 1.165) is 6.42 Å². The summed E-state index contributed by atoms with van der Waals surface area (Å²) in [4.78, 5) is 2.28. The molecule has 0 fully saturated rings. The van der Waals surface area contributed by atoms with Crippen LogP contribution in [0, 0.1) is 0 Å². The maximum atomic E-state index is 6.33. The Morgan fingerprint density at radius 1 is 0.652 bits per heavy atom. The topological polar surface area (TPSA) is 29.3 Å². The molecule has 0 amide bonds. The second-order valence-electron chi connectivity index (χ2n) is 7.63. The Morgan fingerprint density at radius 3 is 1.39 bits per heavy atom. The predicted molar refractivity (Wildman–Crippen MR) is 106 cm³/mol. The van der Waals surface area contributed by atoms with E-state index in [1.165, 1.54) is 89.9 Å². The smallest absolute Gasteiger partial charge is 0.0238 e. The highest BCUT2D eigenvalue weighted by Crippen LogP contribution is 2.15. The maximum absolute atomic E-state index is 6.33. The van der Waals surface area contributed by atoms with Crippen LogP contribution < -0.4 is 5.73 Å². The number of hydrogen-bond donors (Lipinski definition) is 1. The lowest BCUT2D eigenvalue weighted by molar-refractivity contribution is 0.236. The summed E-state index contributed by atoms with van der Waals surface area (Å²) in [6.07, 6.45) is 20.8. The summed E-state index contributed by atoms with van der Waals surface area (Å²) in [5.41, 5.74) is 6.33. The Labute approximate surface area is 147 Å². The van der Waals surface area contributed by atoms with E-state index in [0.29, 0.717) is 12.1 Å². The average Bonchev–Trinajstić information content (AvgIpc) is 2.52. The molecule has 0 aromatic rings. The van der Waals surface area contributed by atoms with Gasteiger partial charge in [0, 0.05) is 12.1 Å². The number of rotatable bonds is 17. The van der Waals surface area contributed by atoms with Gasteiger partial charge in [0.1, 0.15) is 0 Å². The molecule has 2 atom stereocenters. The number of hydrogen-bond acceptors (Lipinski definition) is 2. The molecule has 0 aliphatic carbocycles. The summed E-state index contributed by atoms with van der Waals surface area (Å²) < 4.78 is 0. The van der Waals surface area contributed by atoms with Crippen molar-refractivity contribution in [2.24, 2.45) is 5.73 Å². The van der Waals surface area contributed by atoms with Gasteiger partial charge in [-0.15, -0.1) is 0 Å². The van der Waals surface area contributed by atoms with Crippen LogP contribution in [0.3, 0.4) is 0 Å². The average molecular weight is 327 g/mol. The minimum Gasteiger partial charge on any atom is -0.326 e. The molecule has 0 aromatic carbocycles. The number of likely N-dealkylation sites (N-methyl/N-ethyl adjacent to an activating group) is 1. The third kappa shape index (κ3) is 14.0. The monoisotopic (exact) mass is 326 g/mol. The van der Waals surface area contributed by atoms with Gasteiger partial charge in [0.15, 0.2) is 0 Å². The lowest BCUT2D eigenvalue weighted by Gasteiger charge is -2.29. The molecule has 2 heteroatoms. The SMILES string of the molecule is CCCCCCCCCCCCCCC[C@@H](N)[C@H](CC)N(C)C. The van der Waals surface area contributed by atoms with Gasteiger partial charge in [-0.2, -0.15) is 0 Å². The first-order valence-corrected chi connectivity index (χ1v) is 10.6. The molecule has 0 heterocycles. The normalized spacial score (nSPS) is 14.3. The molecule has 0 aromatic heterocycles. The zero-order valence-corrected chi connectivity index (χ0v) is 16.8. The molecular weight excluding hydrogens is 280 g/mol. The third-order valence-corrected chi connectivity index (χ3v) is 5.22. The van der Waals surface area contributed by atoms with Crippen molar-refractivity contribution in [3.05, 3.63) is 0 Å². The van der Waals surface area contributed by atoms with Gasteiger partial charge in [-0.25, -0.2) is 0 Å². The Morgan fingerprint density at radius 2 is 1.04 bits per heavy atom. The fourth-order valence-electron chi connectivity index (χ4n) is 3.64. The van der Waals surface area contributed by atoms with Gasteiger partial charge in [0.2, 0.25) is 0 Å². The summed E-state index contributed by atoms with van der Waals surface area (Å²) in [6, 6.07) is 0.898. The largest absolute Gasteiger partial charge is 0.326 e. The molecule has 2 N–H and O–H groups in total. The molecule has 0 aliphatic rings. The third-order valence-electron chi connectivity index (χ3n) is 5.22. The minimum absolute atomic E-state index is 0.350. The lowest BCUT2D eigenvalue weighted by atomic mass is 9.98.